The van der Waals surface area contributed by atoms with Gasteiger partial charge < -0.3 is 30.3 Å². The van der Waals surface area contributed by atoms with Crippen LogP contribution in [0.5, 0.6) is 5.75 Å². The predicted molar refractivity (Wildman–Crippen MR) is 175 cm³/mol. The summed E-state index contributed by atoms with van der Waals surface area (Å²) in [4.78, 5) is 26.3. The molecular weight excluding hydrogens is 588 g/mol. The minimum absolute atomic E-state index is 0.00561. The van der Waals surface area contributed by atoms with E-state index in [9.17, 15) is 19.8 Å². The van der Waals surface area contributed by atoms with E-state index in [-0.39, 0.29) is 36.3 Å². The molecule has 4 aromatic carbocycles. The molecule has 0 radical (unpaired) electrons. The summed E-state index contributed by atoms with van der Waals surface area (Å²) >= 11 is 1.64. The Bertz CT molecular complexity index is 1560. The average Bonchev–Trinajstić information content (AvgIpc) is 3.05. The summed E-state index contributed by atoms with van der Waals surface area (Å²) in [5, 5.41) is 24.9. The van der Waals surface area contributed by atoms with E-state index in [0.717, 1.165) is 27.1 Å². The lowest BCUT2D eigenvalue weighted by Gasteiger charge is -2.41. The molecule has 0 saturated carbocycles. The quantitative estimate of drug-likeness (QED) is 0.136. The number of ketones is 1. The van der Waals surface area contributed by atoms with Crippen LogP contribution in [-0.2, 0) is 27.3 Å². The second-order valence-corrected chi connectivity index (χ2v) is 12.3. The van der Waals surface area contributed by atoms with Crippen molar-refractivity contribution >= 4 is 29.3 Å². The number of anilines is 1. The fraction of sp³-hybridized carbons (Fsp3) is 0.278. The Hall–Kier alpha value is -4.15. The van der Waals surface area contributed by atoms with Gasteiger partial charge in [-0.1, -0.05) is 73.7 Å². The van der Waals surface area contributed by atoms with Crippen molar-refractivity contribution in [1.82, 2.24) is 5.32 Å². The number of ether oxygens (including phenoxy) is 2. The van der Waals surface area contributed by atoms with E-state index >= 15 is 0 Å². The molecule has 1 aliphatic rings. The number of carbonyl (C=O) groups is 2. The van der Waals surface area contributed by atoms with Crippen LogP contribution in [0.3, 0.4) is 0 Å². The van der Waals surface area contributed by atoms with Gasteiger partial charge in [-0.25, -0.2) is 4.79 Å². The molecule has 1 heterocycles. The van der Waals surface area contributed by atoms with Gasteiger partial charge in [-0.15, -0.1) is 11.8 Å². The first-order chi connectivity index (χ1) is 21.8. The summed E-state index contributed by atoms with van der Waals surface area (Å²) < 4.78 is 13.1. The molecule has 0 aliphatic carbocycles. The topological polar surface area (TPSA) is 117 Å². The smallest absolute Gasteiger partial charge is 0.319 e. The number of Topliss-reactive ketones (excluding diaryl/α,β-unsaturated/α-hetero) is 1. The zero-order chi connectivity index (χ0) is 31.8. The van der Waals surface area contributed by atoms with Crippen molar-refractivity contribution in [3.05, 3.63) is 125 Å². The van der Waals surface area contributed by atoms with Crippen LogP contribution < -0.4 is 10.6 Å². The number of aromatic hydroxyl groups is 1. The summed E-state index contributed by atoms with van der Waals surface area (Å²) in [5.74, 6) is 0.753. The van der Waals surface area contributed by atoms with Crippen LogP contribution in [0, 0.1) is 5.92 Å². The predicted octanol–water partition coefficient (Wildman–Crippen LogP) is 6.79. The van der Waals surface area contributed by atoms with E-state index in [1.54, 1.807) is 30.0 Å². The SMILES string of the molecule is CC(=O)[C@@H](Cc1ccccc1)NC(=O)Nc1cccc(C2O[C@H](CSc3ccc(O)cc3)[C@H](C)[C@H](c3ccc(CO)cc3)O2)c1. The van der Waals surface area contributed by atoms with Crippen molar-refractivity contribution in [1.29, 1.82) is 0 Å². The monoisotopic (exact) mass is 626 g/mol. The molecule has 2 amide bonds. The van der Waals surface area contributed by atoms with E-state index in [4.69, 9.17) is 9.47 Å². The standard InChI is InChI=1S/C36H38N2O6S/c1-23-33(22-45-31-17-15-30(41)16-18-31)43-35(44-34(23)27-13-11-26(21-39)12-14-27)28-9-6-10-29(20-28)37-36(42)38-32(24(2)40)19-25-7-4-3-5-8-25/h3-18,20,23,32-35,39,41H,19,21-22H2,1-2H3,(H2,37,38,42)/t23-,32+,33+,34+,35?/m0/s1. The number of carbonyl (C=O) groups excluding carboxylic acids is 2. The average molecular weight is 627 g/mol. The summed E-state index contributed by atoms with van der Waals surface area (Å²) in [6.07, 6.45) is -0.770. The highest BCUT2D eigenvalue weighted by atomic mass is 32.2. The molecule has 1 fully saturated rings. The molecule has 4 aromatic rings. The van der Waals surface area contributed by atoms with E-state index in [0.29, 0.717) is 17.9 Å². The van der Waals surface area contributed by atoms with E-state index < -0.39 is 18.4 Å². The molecule has 0 bridgehead atoms. The minimum atomic E-state index is -0.706. The second-order valence-electron chi connectivity index (χ2n) is 11.2. The van der Waals surface area contributed by atoms with Gasteiger partial charge in [0.1, 0.15) is 5.75 Å². The third kappa shape index (κ3) is 8.73. The molecule has 0 spiro atoms. The fourth-order valence-corrected chi connectivity index (χ4v) is 6.33. The fourth-order valence-electron chi connectivity index (χ4n) is 5.27. The van der Waals surface area contributed by atoms with Gasteiger partial charge in [0.25, 0.3) is 0 Å². The van der Waals surface area contributed by atoms with Gasteiger partial charge in [0.05, 0.1) is 24.9 Å². The van der Waals surface area contributed by atoms with Gasteiger partial charge in [0, 0.05) is 27.8 Å². The minimum Gasteiger partial charge on any atom is -0.508 e. The molecule has 45 heavy (non-hydrogen) atoms. The number of phenols is 1. The number of aliphatic hydroxyl groups is 1. The third-order valence-electron chi connectivity index (χ3n) is 7.87. The first-order valence-corrected chi connectivity index (χ1v) is 15.9. The van der Waals surface area contributed by atoms with Crippen molar-refractivity contribution in [2.45, 2.75) is 56.3 Å². The Morgan fingerprint density at radius 1 is 0.867 bits per heavy atom. The lowest BCUT2D eigenvalue weighted by atomic mass is 9.91. The van der Waals surface area contributed by atoms with Crippen molar-refractivity contribution in [2.24, 2.45) is 5.92 Å². The van der Waals surface area contributed by atoms with Crippen LogP contribution in [0.25, 0.3) is 0 Å². The summed E-state index contributed by atoms with van der Waals surface area (Å²) in [5.41, 5.74) is 4.04. The maximum atomic E-state index is 13.0. The van der Waals surface area contributed by atoms with E-state index in [1.165, 1.54) is 6.92 Å². The number of aliphatic hydroxyl groups excluding tert-OH is 1. The van der Waals surface area contributed by atoms with E-state index in [2.05, 4.69) is 17.6 Å². The van der Waals surface area contributed by atoms with Crippen molar-refractivity contribution in [2.75, 3.05) is 11.1 Å². The van der Waals surface area contributed by atoms with Gasteiger partial charge in [-0.3, -0.25) is 4.79 Å². The second kappa shape index (κ2) is 15.2. The van der Waals surface area contributed by atoms with Crippen LogP contribution in [0.15, 0.2) is 108 Å². The summed E-state index contributed by atoms with van der Waals surface area (Å²) in [6.45, 7) is 3.54. The molecule has 1 saturated heterocycles. The largest absolute Gasteiger partial charge is 0.508 e. The lowest BCUT2D eigenvalue weighted by molar-refractivity contribution is -0.268. The third-order valence-corrected chi connectivity index (χ3v) is 8.97. The summed E-state index contributed by atoms with van der Waals surface area (Å²) in [7, 11) is 0. The van der Waals surface area contributed by atoms with Gasteiger partial charge >= 0.3 is 6.03 Å². The zero-order valence-corrected chi connectivity index (χ0v) is 26.1. The molecule has 0 aromatic heterocycles. The lowest BCUT2D eigenvalue weighted by Crippen LogP contribution is -2.43. The van der Waals surface area contributed by atoms with Gasteiger partial charge in [0.15, 0.2) is 12.1 Å². The molecular formula is C36H38N2O6S. The van der Waals surface area contributed by atoms with Crippen LogP contribution in [-0.4, -0.2) is 39.9 Å². The van der Waals surface area contributed by atoms with E-state index in [1.807, 2.05) is 84.9 Å². The maximum absolute atomic E-state index is 13.0. The van der Waals surface area contributed by atoms with Crippen LogP contribution in [0.4, 0.5) is 10.5 Å². The number of phenolic OH excluding ortho intramolecular Hbond substituents is 1. The number of urea groups is 1. The molecule has 1 aliphatic heterocycles. The number of benzene rings is 4. The molecule has 1 unspecified atom stereocenters. The van der Waals surface area contributed by atoms with Crippen molar-refractivity contribution < 1.29 is 29.3 Å². The van der Waals surface area contributed by atoms with Crippen molar-refractivity contribution in [3.63, 3.8) is 0 Å². The van der Waals surface area contributed by atoms with Crippen LogP contribution >= 0.6 is 11.8 Å². The highest BCUT2D eigenvalue weighted by Crippen LogP contribution is 2.43. The molecule has 234 valence electrons. The summed E-state index contributed by atoms with van der Waals surface area (Å²) in [6, 6.07) is 30.6. The first kappa shape index (κ1) is 32.2. The zero-order valence-electron chi connectivity index (χ0n) is 25.3. The Morgan fingerprint density at radius 3 is 2.29 bits per heavy atom. The maximum Gasteiger partial charge on any atom is 0.319 e. The number of rotatable bonds is 11. The molecule has 8 nitrogen and oxygen atoms in total. The Labute approximate surface area is 267 Å². The van der Waals surface area contributed by atoms with Gasteiger partial charge in [-0.05, 0) is 66.4 Å². The Balaban J connectivity index is 1.32. The normalized spacial score (nSPS) is 20.2. The first-order valence-electron chi connectivity index (χ1n) is 14.9. The number of hydrogen-bond acceptors (Lipinski definition) is 7. The number of thioether (sulfide) groups is 1. The van der Waals surface area contributed by atoms with Crippen molar-refractivity contribution in [3.8, 4) is 5.75 Å². The van der Waals surface area contributed by atoms with Gasteiger partial charge in [0.2, 0.25) is 0 Å². The van der Waals surface area contributed by atoms with Gasteiger partial charge in [-0.2, -0.15) is 0 Å². The Morgan fingerprint density at radius 2 is 1.60 bits per heavy atom. The molecule has 5 atom stereocenters. The van der Waals surface area contributed by atoms with Crippen LogP contribution in [0.2, 0.25) is 0 Å². The number of nitrogens with one attached hydrogen (secondary N) is 2. The Kier molecular flexibility index (Phi) is 10.9. The highest BCUT2D eigenvalue weighted by Gasteiger charge is 2.38. The molecule has 4 N–H and O–H groups in total. The number of amides is 2. The highest BCUT2D eigenvalue weighted by molar-refractivity contribution is 7.99. The van der Waals surface area contributed by atoms with Crippen LogP contribution in [0.1, 0.15) is 48.5 Å². The molecule has 5 rings (SSSR count). The molecule has 9 heteroatoms. The number of hydrogen-bond donors (Lipinski definition) is 4.